The summed E-state index contributed by atoms with van der Waals surface area (Å²) in [7, 11) is 0. The quantitative estimate of drug-likeness (QED) is 0.645. The van der Waals surface area contributed by atoms with Gasteiger partial charge in [-0.15, -0.1) is 0 Å². The molecule has 7 heteroatoms. The lowest BCUT2D eigenvalue weighted by atomic mass is 10.1. The molecule has 0 spiro atoms. The van der Waals surface area contributed by atoms with Crippen LogP contribution in [0.25, 0.3) is 16.9 Å². The minimum atomic E-state index is -4.43. The maximum Gasteiger partial charge on any atom is 0.416 e. The molecule has 3 aromatic rings. The number of alkyl halides is 3. The average molecular weight is 348 g/mol. The van der Waals surface area contributed by atoms with E-state index in [2.05, 4.69) is 5.10 Å². The maximum atomic E-state index is 13.4. The van der Waals surface area contributed by atoms with Gasteiger partial charge in [0.25, 0.3) is 5.56 Å². The molecule has 3 nitrogen and oxygen atoms in total. The molecule has 1 heterocycles. The van der Waals surface area contributed by atoms with Crippen molar-refractivity contribution in [1.29, 1.82) is 0 Å². The maximum absolute atomic E-state index is 13.4. The van der Waals surface area contributed by atoms with E-state index in [1.165, 1.54) is 36.4 Å². The smallest absolute Gasteiger partial charge is 0.267 e. The van der Waals surface area contributed by atoms with Gasteiger partial charge in [-0.2, -0.15) is 23.0 Å². The standard InChI is InChI=1S/C18H12F4N2O/c1-11-9-16(12-5-7-13(8-6-12)18(20,21)22)23-24(17(11)25)15-4-2-3-14(19)10-15/h2-10H,1H3. The van der Waals surface area contributed by atoms with E-state index in [0.29, 0.717) is 16.8 Å². The van der Waals surface area contributed by atoms with E-state index in [1.54, 1.807) is 6.92 Å². The van der Waals surface area contributed by atoms with Crippen LogP contribution in [0.3, 0.4) is 0 Å². The molecule has 2 aromatic carbocycles. The van der Waals surface area contributed by atoms with Gasteiger partial charge < -0.3 is 0 Å². The Kier molecular flexibility index (Phi) is 4.16. The van der Waals surface area contributed by atoms with Crippen molar-refractivity contribution in [3.63, 3.8) is 0 Å². The van der Waals surface area contributed by atoms with Crippen LogP contribution in [0.1, 0.15) is 11.1 Å². The van der Waals surface area contributed by atoms with E-state index in [4.69, 9.17) is 0 Å². The normalized spacial score (nSPS) is 11.6. The fourth-order valence-electron chi connectivity index (χ4n) is 2.37. The molecule has 0 saturated carbocycles. The molecule has 0 bridgehead atoms. The predicted octanol–water partition coefficient (Wildman–Crippen LogP) is 4.37. The van der Waals surface area contributed by atoms with Crippen LogP contribution < -0.4 is 5.56 Å². The lowest BCUT2D eigenvalue weighted by Crippen LogP contribution is -2.23. The Morgan fingerprint density at radius 2 is 1.68 bits per heavy atom. The molecule has 0 N–H and O–H groups in total. The van der Waals surface area contributed by atoms with Gasteiger partial charge in [-0.05, 0) is 43.3 Å². The fraction of sp³-hybridized carbons (Fsp3) is 0.111. The third-order valence-electron chi connectivity index (χ3n) is 3.65. The number of aryl methyl sites for hydroxylation is 1. The topological polar surface area (TPSA) is 34.9 Å². The van der Waals surface area contributed by atoms with Crippen LogP contribution in [-0.2, 0) is 6.18 Å². The Balaban J connectivity index is 2.11. The Hall–Kier alpha value is -2.96. The molecule has 0 amide bonds. The molecule has 3 rings (SSSR count). The number of benzene rings is 2. The van der Waals surface area contributed by atoms with Crippen molar-refractivity contribution in [2.24, 2.45) is 0 Å². The highest BCUT2D eigenvalue weighted by atomic mass is 19.4. The Morgan fingerprint density at radius 1 is 1.00 bits per heavy atom. The zero-order chi connectivity index (χ0) is 18.2. The highest BCUT2D eigenvalue weighted by Gasteiger charge is 2.30. The molecule has 0 unspecified atom stereocenters. The van der Waals surface area contributed by atoms with Crippen molar-refractivity contribution in [3.8, 4) is 16.9 Å². The number of hydrogen-bond acceptors (Lipinski definition) is 2. The first-order chi connectivity index (χ1) is 11.8. The Morgan fingerprint density at radius 3 is 2.28 bits per heavy atom. The monoisotopic (exact) mass is 348 g/mol. The summed E-state index contributed by atoms with van der Waals surface area (Å²) < 4.78 is 52.4. The van der Waals surface area contributed by atoms with Gasteiger partial charge in [0.2, 0.25) is 0 Å². The Labute approximate surface area is 140 Å². The number of nitrogens with zero attached hydrogens (tertiary/aromatic N) is 2. The molecule has 0 radical (unpaired) electrons. The minimum absolute atomic E-state index is 0.238. The van der Waals surface area contributed by atoms with Crippen LogP contribution in [0.4, 0.5) is 17.6 Å². The van der Waals surface area contributed by atoms with E-state index >= 15 is 0 Å². The van der Waals surface area contributed by atoms with Gasteiger partial charge in [-0.25, -0.2) is 4.39 Å². The molecule has 0 aliphatic rings. The first kappa shape index (κ1) is 16.9. The zero-order valence-electron chi connectivity index (χ0n) is 13.0. The summed E-state index contributed by atoms with van der Waals surface area (Å²) in [6.45, 7) is 1.56. The second kappa shape index (κ2) is 6.16. The van der Waals surface area contributed by atoms with Gasteiger partial charge in [0.15, 0.2) is 0 Å². The van der Waals surface area contributed by atoms with Crippen molar-refractivity contribution >= 4 is 0 Å². The molecule has 0 aliphatic heterocycles. The first-order valence-electron chi connectivity index (χ1n) is 7.30. The lowest BCUT2D eigenvalue weighted by molar-refractivity contribution is -0.137. The van der Waals surface area contributed by atoms with Crippen LogP contribution in [0.15, 0.2) is 59.4 Å². The van der Waals surface area contributed by atoms with Gasteiger partial charge in [0.1, 0.15) is 5.82 Å². The molecular weight excluding hydrogens is 336 g/mol. The van der Waals surface area contributed by atoms with Crippen molar-refractivity contribution in [2.75, 3.05) is 0 Å². The van der Waals surface area contributed by atoms with E-state index in [1.807, 2.05) is 0 Å². The lowest BCUT2D eigenvalue weighted by Gasteiger charge is -2.10. The number of aromatic nitrogens is 2. The van der Waals surface area contributed by atoms with Crippen molar-refractivity contribution in [1.82, 2.24) is 9.78 Å². The van der Waals surface area contributed by atoms with Gasteiger partial charge in [-0.1, -0.05) is 18.2 Å². The summed E-state index contributed by atoms with van der Waals surface area (Å²) in [6, 6.07) is 11.3. The second-order valence-corrected chi connectivity index (χ2v) is 5.48. The molecule has 128 valence electrons. The van der Waals surface area contributed by atoms with Crippen molar-refractivity contribution in [2.45, 2.75) is 13.1 Å². The van der Waals surface area contributed by atoms with Crippen LogP contribution in [0, 0.1) is 12.7 Å². The summed E-state index contributed by atoms with van der Waals surface area (Å²) in [5, 5.41) is 4.16. The number of rotatable bonds is 2. The van der Waals surface area contributed by atoms with Crippen LogP contribution >= 0.6 is 0 Å². The summed E-state index contributed by atoms with van der Waals surface area (Å²) in [4.78, 5) is 12.3. The van der Waals surface area contributed by atoms with Crippen LogP contribution in [-0.4, -0.2) is 9.78 Å². The summed E-state index contributed by atoms with van der Waals surface area (Å²) in [5.74, 6) is -0.524. The van der Waals surface area contributed by atoms with E-state index < -0.39 is 23.1 Å². The third kappa shape index (κ3) is 3.45. The van der Waals surface area contributed by atoms with Gasteiger partial charge in [0, 0.05) is 11.1 Å². The molecule has 0 atom stereocenters. The molecule has 0 fully saturated rings. The third-order valence-corrected chi connectivity index (χ3v) is 3.65. The van der Waals surface area contributed by atoms with Gasteiger partial charge in [-0.3, -0.25) is 4.79 Å². The van der Waals surface area contributed by atoms with Gasteiger partial charge >= 0.3 is 6.18 Å². The summed E-state index contributed by atoms with van der Waals surface area (Å²) in [5.41, 5.74) is 0.111. The molecule has 0 saturated heterocycles. The Bertz CT molecular complexity index is 976. The van der Waals surface area contributed by atoms with E-state index in [0.717, 1.165) is 22.9 Å². The highest BCUT2D eigenvalue weighted by molar-refractivity contribution is 5.60. The van der Waals surface area contributed by atoms with Crippen LogP contribution in [0.5, 0.6) is 0 Å². The fourth-order valence-corrected chi connectivity index (χ4v) is 2.37. The average Bonchev–Trinajstić information content (AvgIpc) is 2.56. The minimum Gasteiger partial charge on any atom is -0.267 e. The molecule has 25 heavy (non-hydrogen) atoms. The van der Waals surface area contributed by atoms with E-state index in [9.17, 15) is 22.4 Å². The summed E-state index contributed by atoms with van der Waals surface area (Å²) in [6.07, 6.45) is -4.43. The SMILES string of the molecule is Cc1cc(-c2ccc(C(F)(F)F)cc2)nn(-c2cccc(F)c2)c1=O. The largest absolute Gasteiger partial charge is 0.416 e. The second-order valence-electron chi connectivity index (χ2n) is 5.48. The van der Waals surface area contributed by atoms with Crippen molar-refractivity contribution in [3.05, 3.63) is 81.9 Å². The molecular formula is C18H12F4N2O. The predicted molar refractivity (Wildman–Crippen MR) is 85.0 cm³/mol. The zero-order valence-corrected chi connectivity index (χ0v) is 13.0. The molecule has 1 aromatic heterocycles. The van der Waals surface area contributed by atoms with Gasteiger partial charge in [0.05, 0.1) is 16.9 Å². The van der Waals surface area contributed by atoms with Crippen molar-refractivity contribution < 1.29 is 17.6 Å². The number of halogens is 4. The van der Waals surface area contributed by atoms with E-state index in [-0.39, 0.29) is 5.69 Å². The highest BCUT2D eigenvalue weighted by Crippen LogP contribution is 2.30. The number of hydrogen-bond donors (Lipinski definition) is 0. The molecule has 0 aliphatic carbocycles. The first-order valence-corrected chi connectivity index (χ1v) is 7.30. The summed E-state index contributed by atoms with van der Waals surface area (Å²) >= 11 is 0. The van der Waals surface area contributed by atoms with Crippen LogP contribution in [0.2, 0.25) is 0 Å².